The highest BCUT2D eigenvalue weighted by molar-refractivity contribution is 6.30. The highest BCUT2D eigenvalue weighted by atomic mass is 35.5. The van der Waals surface area contributed by atoms with Gasteiger partial charge in [-0.15, -0.1) is 0 Å². The molecule has 2 heterocycles. The van der Waals surface area contributed by atoms with Gasteiger partial charge in [-0.1, -0.05) is 23.7 Å². The lowest BCUT2D eigenvalue weighted by Crippen LogP contribution is -2.43. The number of hydrogen-bond acceptors (Lipinski definition) is 2. The molecule has 2 amide bonds. The van der Waals surface area contributed by atoms with Gasteiger partial charge in [-0.25, -0.2) is 0 Å². The molecule has 0 bridgehead atoms. The molecule has 1 saturated heterocycles. The molecular formula is C21H20ClN3O2. The normalized spacial score (nSPS) is 17.1. The maximum Gasteiger partial charge on any atom is 0.253 e. The lowest BCUT2D eigenvalue weighted by molar-refractivity contribution is -0.121. The Bertz CT molecular complexity index is 998. The van der Waals surface area contributed by atoms with Gasteiger partial charge < -0.3 is 15.2 Å². The van der Waals surface area contributed by atoms with Crippen LogP contribution >= 0.6 is 11.6 Å². The molecule has 0 radical (unpaired) electrons. The number of fused-ring (bicyclic) bond motifs is 1. The summed E-state index contributed by atoms with van der Waals surface area (Å²) < 4.78 is 0. The fourth-order valence-corrected chi connectivity index (χ4v) is 3.74. The minimum absolute atomic E-state index is 0.0354. The third-order valence-electron chi connectivity index (χ3n) is 4.97. The minimum atomic E-state index is -0.226. The third-order valence-corrected chi connectivity index (χ3v) is 5.21. The Kier molecular flexibility index (Phi) is 4.86. The van der Waals surface area contributed by atoms with Crippen molar-refractivity contribution in [1.82, 2.24) is 9.88 Å². The standard InChI is InChI=1S/C21H20ClN3O2/c22-17-4-1-5-18(12-17)24-20(26)16-3-2-10-25(13-16)21(27)15-7-6-14-8-9-23-19(14)11-15/h1,4-9,11-12,16,23H,2-3,10,13H2,(H,24,26). The molecule has 27 heavy (non-hydrogen) atoms. The number of nitrogens with one attached hydrogen (secondary N) is 2. The number of benzene rings is 2. The molecule has 5 nitrogen and oxygen atoms in total. The maximum absolute atomic E-state index is 12.9. The maximum atomic E-state index is 12.9. The van der Waals surface area contributed by atoms with E-state index >= 15 is 0 Å². The molecule has 0 spiro atoms. The highest BCUT2D eigenvalue weighted by Gasteiger charge is 2.29. The zero-order valence-corrected chi connectivity index (χ0v) is 15.5. The van der Waals surface area contributed by atoms with Crippen molar-refractivity contribution < 1.29 is 9.59 Å². The fourth-order valence-electron chi connectivity index (χ4n) is 3.55. The van der Waals surface area contributed by atoms with Gasteiger partial charge >= 0.3 is 0 Å². The molecule has 1 unspecified atom stereocenters. The van der Waals surface area contributed by atoms with E-state index in [1.165, 1.54) is 0 Å². The van der Waals surface area contributed by atoms with Crippen LogP contribution < -0.4 is 5.32 Å². The Hall–Kier alpha value is -2.79. The molecule has 2 N–H and O–H groups in total. The van der Waals surface area contributed by atoms with Crippen LogP contribution in [0.1, 0.15) is 23.2 Å². The van der Waals surface area contributed by atoms with Crippen LogP contribution in [0.5, 0.6) is 0 Å². The summed E-state index contributed by atoms with van der Waals surface area (Å²) >= 11 is 5.97. The quantitative estimate of drug-likeness (QED) is 0.709. The van der Waals surface area contributed by atoms with E-state index in [2.05, 4.69) is 10.3 Å². The number of nitrogens with zero attached hydrogens (tertiary/aromatic N) is 1. The van der Waals surface area contributed by atoms with E-state index in [0.717, 1.165) is 23.7 Å². The molecule has 1 atom stereocenters. The van der Waals surface area contributed by atoms with Crippen molar-refractivity contribution in [2.45, 2.75) is 12.8 Å². The Morgan fingerprint density at radius 1 is 1.15 bits per heavy atom. The van der Waals surface area contributed by atoms with E-state index in [1.807, 2.05) is 30.5 Å². The summed E-state index contributed by atoms with van der Waals surface area (Å²) in [7, 11) is 0. The van der Waals surface area contributed by atoms with E-state index in [1.54, 1.807) is 29.2 Å². The number of aromatic amines is 1. The molecule has 4 rings (SSSR count). The van der Waals surface area contributed by atoms with Crippen molar-refractivity contribution in [3.8, 4) is 0 Å². The first-order valence-electron chi connectivity index (χ1n) is 9.03. The Labute approximate surface area is 162 Å². The lowest BCUT2D eigenvalue weighted by atomic mass is 9.96. The van der Waals surface area contributed by atoms with E-state index in [4.69, 9.17) is 11.6 Å². The first kappa shape index (κ1) is 17.6. The molecular weight excluding hydrogens is 362 g/mol. The van der Waals surface area contributed by atoms with Gasteiger partial charge in [-0.3, -0.25) is 9.59 Å². The van der Waals surface area contributed by atoms with E-state index in [0.29, 0.717) is 29.4 Å². The average Bonchev–Trinajstić information content (AvgIpc) is 3.15. The van der Waals surface area contributed by atoms with Crippen molar-refractivity contribution in [1.29, 1.82) is 0 Å². The third kappa shape index (κ3) is 3.83. The summed E-state index contributed by atoms with van der Waals surface area (Å²) in [5.41, 5.74) is 2.25. The van der Waals surface area contributed by atoms with Crippen molar-refractivity contribution in [2.75, 3.05) is 18.4 Å². The van der Waals surface area contributed by atoms with Crippen LogP contribution in [-0.2, 0) is 4.79 Å². The van der Waals surface area contributed by atoms with Crippen LogP contribution in [0.4, 0.5) is 5.69 Å². The number of rotatable bonds is 3. The number of halogens is 1. The van der Waals surface area contributed by atoms with Crippen LogP contribution in [-0.4, -0.2) is 34.8 Å². The van der Waals surface area contributed by atoms with Crippen molar-refractivity contribution in [3.05, 3.63) is 65.3 Å². The second kappa shape index (κ2) is 7.45. The molecule has 1 aliphatic heterocycles. The van der Waals surface area contributed by atoms with Crippen molar-refractivity contribution in [2.24, 2.45) is 5.92 Å². The largest absolute Gasteiger partial charge is 0.361 e. The number of likely N-dealkylation sites (tertiary alicyclic amines) is 1. The summed E-state index contributed by atoms with van der Waals surface area (Å²) in [6.45, 7) is 1.09. The van der Waals surface area contributed by atoms with Crippen LogP contribution in [0.3, 0.4) is 0 Å². The lowest BCUT2D eigenvalue weighted by Gasteiger charge is -2.32. The van der Waals surface area contributed by atoms with Crippen molar-refractivity contribution in [3.63, 3.8) is 0 Å². The number of amides is 2. The van der Waals surface area contributed by atoms with Gasteiger partial charge in [0.15, 0.2) is 0 Å². The number of piperidine rings is 1. The van der Waals surface area contributed by atoms with Gasteiger partial charge in [0.2, 0.25) is 5.91 Å². The van der Waals surface area contributed by atoms with Crippen LogP contribution in [0.15, 0.2) is 54.7 Å². The molecule has 2 aromatic carbocycles. The highest BCUT2D eigenvalue weighted by Crippen LogP contribution is 2.23. The second-order valence-corrected chi connectivity index (χ2v) is 7.31. The first-order valence-corrected chi connectivity index (χ1v) is 9.41. The predicted molar refractivity (Wildman–Crippen MR) is 107 cm³/mol. The summed E-state index contributed by atoms with van der Waals surface area (Å²) in [4.78, 5) is 30.4. The van der Waals surface area contributed by atoms with E-state index in [9.17, 15) is 9.59 Å². The van der Waals surface area contributed by atoms with Crippen LogP contribution in [0.25, 0.3) is 10.9 Å². The Morgan fingerprint density at radius 3 is 2.89 bits per heavy atom. The van der Waals surface area contributed by atoms with Crippen LogP contribution in [0.2, 0.25) is 5.02 Å². The minimum Gasteiger partial charge on any atom is -0.361 e. The Morgan fingerprint density at radius 2 is 2.04 bits per heavy atom. The average molecular weight is 382 g/mol. The summed E-state index contributed by atoms with van der Waals surface area (Å²) in [6.07, 6.45) is 3.44. The van der Waals surface area contributed by atoms with Gasteiger partial charge in [-0.05, 0) is 54.6 Å². The summed E-state index contributed by atoms with van der Waals surface area (Å²) in [5.74, 6) is -0.336. The topological polar surface area (TPSA) is 65.2 Å². The second-order valence-electron chi connectivity index (χ2n) is 6.87. The zero-order chi connectivity index (χ0) is 18.8. The van der Waals surface area contributed by atoms with Gasteiger partial charge in [-0.2, -0.15) is 0 Å². The smallest absolute Gasteiger partial charge is 0.253 e. The molecule has 1 aliphatic rings. The SMILES string of the molecule is O=C(Nc1cccc(Cl)c1)C1CCCN(C(=O)c2ccc3cc[nH]c3c2)C1. The molecule has 138 valence electrons. The monoisotopic (exact) mass is 381 g/mol. The van der Waals surface area contributed by atoms with Crippen molar-refractivity contribution >= 4 is 40.0 Å². The van der Waals surface area contributed by atoms with E-state index < -0.39 is 0 Å². The van der Waals surface area contributed by atoms with E-state index in [-0.39, 0.29) is 17.7 Å². The molecule has 6 heteroatoms. The number of aromatic nitrogens is 1. The molecule has 3 aromatic rings. The predicted octanol–water partition coefficient (Wildman–Crippen LogP) is 4.31. The van der Waals surface area contributed by atoms with Gasteiger partial charge in [0, 0.05) is 41.1 Å². The first-order chi connectivity index (χ1) is 13.1. The molecule has 1 fully saturated rings. The van der Waals surface area contributed by atoms with Gasteiger partial charge in [0.25, 0.3) is 5.91 Å². The number of carbonyl (C=O) groups is 2. The molecule has 0 aliphatic carbocycles. The number of hydrogen-bond donors (Lipinski definition) is 2. The molecule has 0 saturated carbocycles. The number of carbonyl (C=O) groups excluding carboxylic acids is 2. The Balaban J connectivity index is 1.45. The zero-order valence-electron chi connectivity index (χ0n) is 14.7. The fraction of sp³-hybridized carbons (Fsp3) is 0.238. The summed E-state index contributed by atoms with van der Waals surface area (Å²) in [6, 6.07) is 14.7. The van der Waals surface area contributed by atoms with Gasteiger partial charge in [0.1, 0.15) is 0 Å². The number of H-pyrrole nitrogens is 1. The summed E-state index contributed by atoms with van der Waals surface area (Å²) in [5, 5.41) is 4.56. The number of anilines is 1. The van der Waals surface area contributed by atoms with Crippen LogP contribution in [0, 0.1) is 5.92 Å². The molecule has 1 aromatic heterocycles. The van der Waals surface area contributed by atoms with Gasteiger partial charge in [0.05, 0.1) is 5.92 Å².